The number of hydrogen-bond acceptors (Lipinski definition) is 5. The van der Waals surface area contributed by atoms with E-state index in [0.717, 1.165) is 0 Å². The van der Waals surface area contributed by atoms with Crippen LogP contribution in [0.4, 0.5) is 0 Å². The van der Waals surface area contributed by atoms with Gasteiger partial charge in [0.25, 0.3) is 10.1 Å². The Kier molecular flexibility index (Phi) is 7.28. The van der Waals surface area contributed by atoms with Gasteiger partial charge in [-0.25, -0.2) is 0 Å². The molecule has 0 saturated heterocycles. The summed E-state index contributed by atoms with van der Waals surface area (Å²) in [5, 5.41) is 0. The van der Waals surface area contributed by atoms with Gasteiger partial charge in [0, 0.05) is 0 Å². The summed E-state index contributed by atoms with van der Waals surface area (Å²) in [5.74, 6) is 0.488. The van der Waals surface area contributed by atoms with E-state index < -0.39 is 10.1 Å². The van der Waals surface area contributed by atoms with Gasteiger partial charge in [-0.05, 0) is 12.5 Å². The zero-order valence-electron chi connectivity index (χ0n) is 11.6. The predicted molar refractivity (Wildman–Crippen MR) is 76.6 cm³/mol. The molecule has 0 aliphatic heterocycles. The van der Waals surface area contributed by atoms with Gasteiger partial charge in [0.1, 0.15) is 12.4 Å². The Hall–Kier alpha value is -1.37. The van der Waals surface area contributed by atoms with Crippen LogP contribution in [0.1, 0.15) is 12.5 Å². The van der Waals surface area contributed by atoms with Gasteiger partial charge in [0.05, 0.1) is 25.6 Å². The maximum Gasteiger partial charge on any atom is 0.271 e. The number of benzene rings is 1. The van der Waals surface area contributed by atoms with Crippen molar-refractivity contribution in [3.63, 3.8) is 0 Å². The van der Waals surface area contributed by atoms with Crippen LogP contribution in [0.25, 0.3) is 0 Å². The first-order chi connectivity index (χ1) is 9.49. The Bertz CT molecular complexity index is 496. The molecule has 1 rings (SSSR count). The lowest BCUT2D eigenvalue weighted by Gasteiger charge is -2.07. The summed E-state index contributed by atoms with van der Waals surface area (Å²) in [7, 11) is -3.57. The zero-order valence-corrected chi connectivity index (χ0v) is 12.4. The fraction of sp³-hybridized carbons (Fsp3) is 0.429. The van der Waals surface area contributed by atoms with E-state index in [0.29, 0.717) is 24.5 Å². The minimum Gasteiger partial charge on any atom is -0.496 e. The third kappa shape index (κ3) is 7.93. The molecule has 0 saturated carbocycles. The van der Waals surface area contributed by atoms with E-state index in [4.69, 9.17) is 13.7 Å². The second-order valence-corrected chi connectivity index (χ2v) is 5.81. The van der Waals surface area contributed by atoms with Crippen molar-refractivity contribution in [3.8, 4) is 0 Å². The van der Waals surface area contributed by atoms with Crippen molar-refractivity contribution >= 4 is 10.1 Å². The highest BCUT2D eigenvalue weighted by Gasteiger charge is 2.11. The maximum absolute atomic E-state index is 11.7. The minimum absolute atomic E-state index is 0.00222. The molecule has 0 N–H and O–H groups in total. The highest BCUT2D eigenvalue weighted by molar-refractivity contribution is 7.85. The lowest BCUT2D eigenvalue weighted by molar-refractivity contribution is 0.0601. The summed E-state index contributed by atoms with van der Waals surface area (Å²) in [6.45, 7) is 6.30. The van der Waals surface area contributed by atoms with E-state index in [1.165, 1.54) is 0 Å². The van der Waals surface area contributed by atoms with Crippen molar-refractivity contribution in [2.75, 3.05) is 26.4 Å². The van der Waals surface area contributed by atoms with Crippen LogP contribution >= 0.6 is 0 Å². The standard InChI is InChI=1S/C14H20O5S/c1-13(2)18-10-8-17-9-11-19-20(15,16)12-14-6-4-3-5-7-14/h3-7H,1,8-12H2,2H3. The van der Waals surface area contributed by atoms with Gasteiger partial charge in [-0.15, -0.1) is 0 Å². The van der Waals surface area contributed by atoms with Crippen LogP contribution in [0, 0.1) is 0 Å². The van der Waals surface area contributed by atoms with Crippen LogP contribution in [-0.2, 0) is 29.5 Å². The summed E-state index contributed by atoms with van der Waals surface area (Å²) >= 11 is 0. The van der Waals surface area contributed by atoms with Crippen molar-refractivity contribution in [1.82, 2.24) is 0 Å². The van der Waals surface area contributed by atoms with Gasteiger partial charge in [-0.3, -0.25) is 4.18 Å². The van der Waals surface area contributed by atoms with E-state index in [2.05, 4.69) is 6.58 Å². The van der Waals surface area contributed by atoms with Crippen LogP contribution < -0.4 is 0 Å². The molecule has 112 valence electrons. The third-order valence-corrected chi connectivity index (χ3v) is 3.47. The molecule has 1 aromatic rings. The summed E-state index contributed by atoms with van der Waals surface area (Å²) in [4.78, 5) is 0. The molecule has 0 unspecified atom stereocenters. The molecule has 0 aliphatic carbocycles. The molecule has 20 heavy (non-hydrogen) atoms. The van der Waals surface area contributed by atoms with E-state index in [9.17, 15) is 8.42 Å². The van der Waals surface area contributed by atoms with Gasteiger partial charge in [-0.2, -0.15) is 8.42 Å². The van der Waals surface area contributed by atoms with Crippen LogP contribution in [0.3, 0.4) is 0 Å². The maximum atomic E-state index is 11.7. The largest absolute Gasteiger partial charge is 0.496 e. The van der Waals surface area contributed by atoms with Gasteiger partial charge in [-0.1, -0.05) is 36.9 Å². The zero-order chi connectivity index (χ0) is 14.8. The average Bonchev–Trinajstić information content (AvgIpc) is 2.37. The highest BCUT2D eigenvalue weighted by atomic mass is 32.2. The minimum atomic E-state index is -3.57. The molecule has 0 aromatic heterocycles. The highest BCUT2D eigenvalue weighted by Crippen LogP contribution is 2.06. The van der Waals surface area contributed by atoms with Crippen molar-refractivity contribution < 1.29 is 22.1 Å². The van der Waals surface area contributed by atoms with Gasteiger partial charge >= 0.3 is 0 Å². The molecule has 0 atom stereocenters. The Labute approximate surface area is 120 Å². The van der Waals surface area contributed by atoms with Crippen molar-refractivity contribution in [2.24, 2.45) is 0 Å². The number of ether oxygens (including phenoxy) is 2. The summed E-state index contributed by atoms with van der Waals surface area (Å²) < 4.78 is 38.4. The predicted octanol–water partition coefficient (Wildman–Crippen LogP) is 2.10. The molecular weight excluding hydrogens is 280 g/mol. The SMILES string of the molecule is C=C(C)OCCOCCOS(=O)(=O)Cc1ccccc1. The molecule has 6 heteroatoms. The molecule has 0 spiro atoms. The second-order valence-electron chi connectivity index (χ2n) is 4.17. The van der Waals surface area contributed by atoms with Gasteiger partial charge in [0.15, 0.2) is 0 Å². The van der Waals surface area contributed by atoms with Crippen LogP contribution in [-0.4, -0.2) is 34.8 Å². The summed E-state index contributed by atoms with van der Waals surface area (Å²) in [6, 6.07) is 8.89. The molecule has 0 heterocycles. The van der Waals surface area contributed by atoms with E-state index >= 15 is 0 Å². The lowest BCUT2D eigenvalue weighted by atomic mass is 10.2. The van der Waals surface area contributed by atoms with E-state index in [1.54, 1.807) is 31.2 Å². The number of allylic oxidation sites excluding steroid dienone is 1. The van der Waals surface area contributed by atoms with Crippen molar-refractivity contribution in [2.45, 2.75) is 12.7 Å². The molecular formula is C14H20O5S. The number of hydrogen-bond donors (Lipinski definition) is 0. The fourth-order valence-electron chi connectivity index (χ4n) is 1.42. The topological polar surface area (TPSA) is 61.8 Å². The Morgan fingerprint density at radius 1 is 1.10 bits per heavy atom. The van der Waals surface area contributed by atoms with Crippen molar-refractivity contribution in [1.29, 1.82) is 0 Å². The fourth-order valence-corrected chi connectivity index (χ4v) is 2.42. The van der Waals surface area contributed by atoms with E-state index in [-0.39, 0.29) is 19.0 Å². The smallest absolute Gasteiger partial charge is 0.271 e. The van der Waals surface area contributed by atoms with Crippen LogP contribution in [0.5, 0.6) is 0 Å². The Morgan fingerprint density at radius 2 is 1.75 bits per heavy atom. The molecule has 0 fully saturated rings. The second kappa shape index (κ2) is 8.73. The van der Waals surface area contributed by atoms with Crippen LogP contribution in [0.15, 0.2) is 42.7 Å². The molecule has 0 aliphatic rings. The first kappa shape index (κ1) is 16.7. The Balaban J connectivity index is 2.16. The molecule has 0 amide bonds. The molecule has 5 nitrogen and oxygen atoms in total. The number of rotatable bonds is 10. The summed E-state index contributed by atoms with van der Waals surface area (Å²) in [5.41, 5.74) is 0.697. The first-order valence-electron chi connectivity index (χ1n) is 6.27. The van der Waals surface area contributed by atoms with Gasteiger partial charge in [0.2, 0.25) is 0 Å². The quantitative estimate of drug-likeness (QED) is 0.376. The first-order valence-corrected chi connectivity index (χ1v) is 7.84. The van der Waals surface area contributed by atoms with E-state index in [1.807, 2.05) is 6.07 Å². The average molecular weight is 300 g/mol. The van der Waals surface area contributed by atoms with Crippen molar-refractivity contribution in [3.05, 3.63) is 48.2 Å². The third-order valence-electron chi connectivity index (χ3n) is 2.25. The molecule has 0 bridgehead atoms. The monoisotopic (exact) mass is 300 g/mol. The Morgan fingerprint density at radius 3 is 2.40 bits per heavy atom. The lowest BCUT2D eigenvalue weighted by Crippen LogP contribution is -2.14. The van der Waals surface area contributed by atoms with Gasteiger partial charge < -0.3 is 9.47 Å². The normalized spacial score (nSPS) is 11.2. The molecule has 1 aromatic carbocycles. The molecule has 0 radical (unpaired) electrons. The summed E-state index contributed by atoms with van der Waals surface area (Å²) in [6.07, 6.45) is 0. The van der Waals surface area contributed by atoms with Crippen LogP contribution in [0.2, 0.25) is 0 Å².